The Bertz CT molecular complexity index is 1180. The minimum Gasteiger partial charge on any atom is -0.381 e. The zero-order valence-corrected chi connectivity index (χ0v) is 19.6. The van der Waals surface area contributed by atoms with Gasteiger partial charge in [-0.2, -0.15) is 15.0 Å². The van der Waals surface area contributed by atoms with Crippen molar-refractivity contribution in [1.29, 1.82) is 5.26 Å². The maximum absolute atomic E-state index is 12.8. The monoisotopic (exact) mass is 448 g/mol. The van der Waals surface area contributed by atoms with Gasteiger partial charge < -0.3 is 4.74 Å². The van der Waals surface area contributed by atoms with E-state index in [1.807, 2.05) is 43.3 Å². The lowest BCUT2D eigenvalue weighted by molar-refractivity contribution is 0.0675. The smallest absolute Gasteiger partial charge is 0.350 e. The highest BCUT2D eigenvalue weighted by Crippen LogP contribution is 2.37. The van der Waals surface area contributed by atoms with E-state index < -0.39 is 5.41 Å². The zero-order chi connectivity index (χ0) is 22.7. The molecule has 0 radical (unpaired) electrons. The summed E-state index contributed by atoms with van der Waals surface area (Å²) in [5.41, 5.74) is 1.24. The molecule has 7 heteroatoms. The molecule has 1 aliphatic heterocycles. The van der Waals surface area contributed by atoms with Gasteiger partial charge in [0.1, 0.15) is 5.82 Å². The average Bonchev–Trinajstić information content (AvgIpc) is 3.08. The van der Waals surface area contributed by atoms with E-state index >= 15 is 0 Å². The first-order chi connectivity index (χ1) is 15.4. The number of nitriles is 1. The van der Waals surface area contributed by atoms with Crippen LogP contribution in [0, 0.1) is 24.2 Å². The van der Waals surface area contributed by atoms with E-state index in [4.69, 9.17) is 4.74 Å². The fourth-order valence-corrected chi connectivity index (χ4v) is 4.95. The van der Waals surface area contributed by atoms with Gasteiger partial charge in [-0.1, -0.05) is 37.7 Å². The van der Waals surface area contributed by atoms with Crippen LogP contribution in [-0.4, -0.2) is 27.6 Å². The molecule has 6 nitrogen and oxygen atoms in total. The molecule has 0 spiro atoms. The first kappa shape index (κ1) is 22.4. The molecule has 1 saturated heterocycles. The van der Waals surface area contributed by atoms with E-state index in [-0.39, 0.29) is 5.69 Å². The van der Waals surface area contributed by atoms with Crippen LogP contribution < -0.4 is 5.69 Å². The number of aromatic nitrogens is 3. The minimum atomic E-state index is -0.466. The Morgan fingerprint density at radius 2 is 1.88 bits per heavy atom. The zero-order valence-electron chi connectivity index (χ0n) is 18.7. The van der Waals surface area contributed by atoms with Crippen molar-refractivity contribution in [1.82, 2.24) is 14.3 Å². The topological polar surface area (TPSA) is 72.8 Å². The summed E-state index contributed by atoms with van der Waals surface area (Å²) in [5.74, 6) is 1.10. The molecule has 4 rings (SSSR count). The van der Waals surface area contributed by atoms with E-state index in [2.05, 4.69) is 37.1 Å². The molecule has 3 aromatic rings. The Hall–Kier alpha value is -2.82. The van der Waals surface area contributed by atoms with Crippen molar-refractivity contribution < 1.29 is 4.74 Å². The van der Waals surface area contributed by atoms with Gasteiger partial charge in [0.25, 0.3) is 0 Å². The van der Waals surface area contributed by atoms with Crippen molar-refractivity contribution in [3.8, 4) is 11.8 Å². The van der Waals surface area contributed by atoms with Crippen LogP contribution in [0.3, 0.4) is 0 Å². The summed E-state index contributed by atoms with van der Waals surface area (Å²) < 4.78 is 8.66. The Balaban J connectivity index is 1.54. The van der Waals surface area contributed by atoms with Gasteiger partial charge >= 0.3 is 5.69 Å². The molecule has 0 atom stereocenters. The number of rotatable bonds is 6. The van der Waals surface area contributed by atoms with Crippen molar-refractivity contribution in [2.24, 2.45) is 5.92 Å². The van der Waals surface area contributed by atoms with E-state index in [1.54, 1.807) is 16.3 Å². The van der Waals surface area contributed by atoms with Gasteiger partial charge in [-0.25, -0.2) is 4.79 Å². The Kier molecular flexibility index (Phi) is 6.54. The number of hydrogen-bond donors (Lipinski definition) is 0. The summed E-state index contributed by atoms with van der Waals surface area (Å²) in [4.78, 5) is 14.9. The Morgan fingerprint density at radius 3 is 2.53 bits per heavy atom. The molecule has 2 heterocycles. The number of nitrogens with zero attached hydrogens (tertiary/aromatic N) is 4. The lowest BCUT2D eigenvalue weighted by Crippen LogP contribution is -2.32. The molecule has 0 aliphatic carbocycles. The highest BCUT2D eigenvalue weighted by molar-refractivity contribution is 7.99. The van der Waals surface area contributed by atoms with Crippen LogP contribution in [0.5, 0.6) is 0 Å². The first-order valence-corrected chi connectivity index (χ1v) is 11.8. The summed E-state index contributed by atoms with van der Waals surface area (Å²) in [6.07, 6.45) is 1.45. The average molecular weight is 449 g/mol. The number of ether oxygens (including phenoxy) is 1. The molecule has 32 heavy (non-hydrogen) atoms. The third kappa shape index (κ3) is 4.52. The molecule has 0 bridgehead atoms. The van der Waals surface area contributed by atoms with E-state index in [1.165, 1.54) is 4.68 Å². The van der Waals surface area contributed by atoms with Crippen molar-refractivity contribution >= 4 is 11.8 Å². The van der Waals surface area contributed by atoms with Crippen molar-refractivity contribution in [2.45, 2.75) is 55.4 Å². The third-order valence-corrected chi connectivity index (χ3v) is 6.86. The molecule has 0 amide bonds. The molecular weight excluding hydrogens is 420 g/mol. The van der Waals surface area contributed by atoms with Crippen LogP contribution in [0.4, 0.5) is 0 Å². The van der Waals surface area contributed by atoms with E-state index in [0.29, 0.717) is 25.7 Å². The summed E-state index contributed by atoms with van der Waals surface area (Å²) in [6.45, 7) is 7.95. The quantitative estimate of drug-likeness (QED) is 0.545. The van der Waals surface area contributed by atoms with Gasteiger partial charge in [0, 0.05) is 29.5 Å². The maximum Gasteiger partial charge on any atom is 0.350 e. The predicted molar refractivity (Wildman–Crippen MR) is 125 cm³/mol. The Labute approximate surface area is 192 Å². The van der Waals surface area contributed by atoms with Crippen LogP contribution in [0.15, 0.2) is 63.1 Å². The molecule has 1 aromatic heterocycles. The molecule has 0 N–H and O–H groups in total. The molecule has 0 unspecified atom stereocenters. The van der Waals surface area contributed by atoms with Gasteiger partial charge in [-0.15, -0.1) is 0 Å². The van der Waals surface area contributed by atoms with Gasteiger partial charge in [0.15, 0.2) is 0 Å². The molecule has 2 aromatic carbocycles. The van der Waals surface area contributed by atoms with Crippen LogP contribution in [0.25, 0.3) is 5.69 Å². The van der Waals surface area contributed by atoms with Crippen molar-refractivity contribution in [3.05, 3.63) is 70.4 Å². The van der Waals surface area contributed by atoms with E-state index in [9.17, 15) is 10.1 Å². The second-order valence-electron chi connectivity index (χ2n) is 8.68. The number of aryl methyl sites for hydroxylation is 1. The molecule has 166 valence electrons. The van der Waals surface area contributed by atoms with Crippen LogP contribution in [-0.2, 0) is 16.7 Å². The molecular formula is C25H28N4O2S. The maximum atomic E-state index is 12.8. The van der Waals surface area contributed by atoms with Gasteiger partial charge in [-0.3, -0.25) is 4.57 Å². The second-order valence-corrected chi connectivity index (χ2v) is 9.82. The molecule has 1 fully saturated rings. The van der Waals surface area contributed by atoms with E-state index in [0.717, 1.165) is 39.7 Å². The van der Waals surface area contributed by atoms with Crippen LogP contribution >= 0.6 is 11.8 Å². The van der Waals surface area contributed by atoms with Crippen LogP contribution in [0.2, 0.25) is 0 Å². The first-order valence-electron chi connectivity index (χ1n) is 11.0. The number of hydrogen-bond acceptors (Lipinski definition) is 5. The summed E-state index contributed by atoms with van der Waals surface area (Å²) >= 11 is 1.65. The SMILES string of the molecule is Cc1nn(-c2ccc(Sc3cccc(C4(C#N)CCOCC4)c3)cc2)c(=O)n1CC(C)C. The van der Waals surface area contributed by atoms with Crippen LogP contribution in [0.1, 0.15) is 38.1 Å². The standard InChI is InChI=1S/C25H28N4O2S/c1-18(2)16-28-19(3)27-29(24(28)30)21-7-9-22(10-8-21)32-23-6-4-5-20(15-23)25(17-26)11-13-31-14-12-25/h4-10,15,18H,11-14,16H2,1-3H3. The summed E-state index contributed by atoms with van der Waals surface area (Å²) in [7, 11) is 0. The van der Waals surface area contributed by atoms with Gasteiger partial charge in [0.2, 0.25) is 0 Å². The highest BCUT2D eigenvalue weighted by Gasteiger charge is 2.34. The normalized spacial score (nSPS) is 15.6. The largest absolute Gasteiger partial charge is 0.381 e. The minimum absolute atomic E-state index is 0.109. The summed E-state index contributed by atoms with van der Waals surface area (Å²) in [6, 6.07) is 18.6. The lowest BCUT2D eigenvalue weighted by atomic mass is 9.75. The molecule has 1 aliphatic rings. The molecule has 0 saturated carbocycles. The van der Waals surface area contributed by atoms with Crippen molar-refractivity contribution in [3.63, 3.8) is 0 Å². The lowest BCUT2D eigenvalue weighted by Gasteiger charge is -2.31. The van der Waals surface area contributed by atoms with Crippen molar-refractivity contribution in [2.75, 3.05) is 13.2 Å². The van der Waals surface area contributed by atoms with Gasteiger partial charge in [-0.05, 0) is 67.6 Å². The second kappa shape index (κ2) is 9.35. The summed E-state index contributed by atoms with van der Waals surface area (Å²) in [5, 5.41) is 14.3. The number of benzene rings is 2. The fourth-order valence-electron chi connectivity index (χ4n) is 4.07. The fraction of sp³-hybridized carbons (Fsp3) is 0.400. The highest BCUT2D eigenvalue weighted by atomic mass is 32.2. The Morgan fingerprint density at radius 1 is 1.16 bits per heavy atom. The predicted octanol–water partition coefficient (Wildman–Crippen LogP) is 4.72. The van der Waals surface area contributed by atoms with Gasteiger partial charge in [0.05, 0.1) is 17.2 Å². The third-order valence-electron chi connectivity index (χ3n) is 5.86.